The van der Waals surface area contributed by atoms with E-state index in [2.05, 4.69) is 5.32 Å². The Morgan fingerprint density at radius 1 is 1.19 bits per heavy atom. The highest BCUT2D eigenvalue weighted by Gasteiger charge is 2.51. The van der Waals surface area contributed by atoms with E-state index in [9.17, 15) is 8.42 Å². The van der Waals surface area contributed by atoms with Crippen LogP contribution in [0.25, 0.3) is 0 Å². The number of sulfone groups is 1. The molecule has 2 unspecified atom stereocenters. The molecule has 0 aromatic rings. The Bertz CT molecular complexity index is 456. The van der Waals surface area contributed by atoms with Crippen LogP contribution in [0, 0.1) is 11.3 Å². The maximum atomic E-state index is 12.1. The molecular formula is C16H29NO3S. The van der Waals surface area contributed by atoms with Gasteiger partial charge in [0.15, 0.2) is 0 Å². The zero-order valence-electron chi connectivity index (χ0n) is 13.1. The van der Waals surface area contributed by atoms with Gasteiger partial charge in [-0.05, 0) is 50.9 Å². The molecule has 2 aliphatic carbocycles. The van der Waals surface area contributed by atoms with Crippen LogP contribution >= 0.6 is 0 Å². The Kier molecular flexibility index (Phi) is 4.63. The van der Waals surface area contributed by atoms with Crippen molar-refractivity contribution in [2.75, 3.05) is 24.7 Å². The van der Waals surface area contributed by atoms with Crippen LogP contribution in [0.3, 0.4) is 0 Å². The van der Waals surface area contributed by atoms with Crippen molar-refractivity contribution in [3.63, 3.8) is 0 Å². The zero-order valence-corrected chi connectivity index (χ0v) is 14.0. The van der Waals surface area contributed by atoms with Crippen LogP contribution in [0.15, 0.2) is 0 Å². The van der Waals surface area contributed by atoms with Gasteiger partial charge in [-0.25, -0.2) is 8.42 Å². The molecule has 0 amide bonds. The highest BCUT2D eigenvalue weighted by Crippen LogP contribution is 2.49. The smallest absolute Gasteiger partial charge is 0.150 e. The maximum Gasteiger partial charge on any atom is 0.150 e. The standard InChI is InChI=1S/C16H29NO3S/c1-2-10-21(18,19)11-8-16(12-17-14-5-6-14)7-9-20-15(16)13-3-4-13/h13-15,17H,2-12H2,1H3. The predicted molar refractivity (Wildman–Crippen MR) is 84.1 cm³/mol. The second-order valence-corrected chi connectivity index (χ2v) is 9.60. The van der Waals surface area contributed by atoms with Crippen molar-refractivity contribution in [3.8, 4) is 0 Å². The molecule has 1 heterocycles. The third kappa shape index (κ3) is 3.99. The van der Waals surface area contributed by atoms with Gasteiger partial charge in [-0.2, -0.15) is 0 Å². The van der Waals surface area contributed by atoms with Gasteiger partial charge >= 0.3 is 0 Å². The second-order valence-electron chi connectivity index (χ2n) is 7.30. The summed E-state index contributed by atoms with van der Waals surface area (Å²) in [6.07, 6.45) is 7.89. The first kappa shape index (κ1) is 15.8. The van der Waals surface area contributed by atoms with Gasteiger partial charge in [0.1, 0.15) is 9.84 Å². The summed E-state index contributed by atoms with van der Waals surface area (Å²) >= 11 is 0. The molecule has 3 rings (SSSR count). The molecule has 122 valence electrons. The van der Waals surface area contributed by atoms with E-state index in [1.54, 1.807) is 0 Å². The first-order chi connectivity index (χ1) is 10.0. The van der Waals surface area contributed by atoms with E-state index in [0.717, 1.165) is 32.4 Å². The van der Waals surface area contributed by atoms with Crippen LogP contribution in [0.2, 0.25) is 0 Å². The monoisotopic (exact) mass is 315 g/mol. The van der Waals surface area contributed by atoms with Gasteiger partial charge in [-0.1, -0.05) is 6.92 Å². The quantitative estimate of drug-likeness (QED) is 0.708. The number of ether oxygens (including phenoxy) is 1. The summed E-state index contributed by atoms with van der Waals surface area (Å²) in [6.45, 7) is 3.69. The Hall–Kier alpha value is -0.130. The molecule has 0 aromatic carbocycles. The van der Waals surface area contributed by atoms with Crippen molar-refractivity contribution in [3.05, 3.63) is 0 Å². The van der Waals surface area contributed by atoms with Crippen molar-refractivity contribution < 1.29 is 13.2 Å². The molecule has 1 saturated heterocycles. The molecule has 1 aliphatic heterocycles. The van der Waals surface area contributed by atoms with Gasteiger partial charge in [0.2, 0.25) is 0 Å². The minimum Gasteiger partial charge on any atom is -0.377 e. The maximum absolute atomic E-state index is 12.1. The van der Waals surface area contributed by atoms with Gasteiger partial charge in [-0.15, -0.1) is 0 Å². The molecule has 5 heteroatoms. The molecule has 2 atom stereocenters. The van der Waals surface area contributed by atoms with Crippen LogP contribution < -0.4 is 5.32 Å². The molecule has 0 bridgehead atoms. The Morgan fingerprint density at radius 3 is 2.57 bits per heavy atom. The summed E-state index contributed by atoms with van der Waals surface area (Å²) in [5.74, 6) is 1.34. The summed E-state index contributed by atoms with van der Waals surface area (Å²) in [7, 11) is -2.89. The lowest BCUT2D eigenvalue weighted by Gasteiger charge is -2.35. The Morgan fingerprint density at radius 2 is 1.95 bits per heavy atom. The van der Waals surface area contributed by atoms with Crippen LogP contribution in [-0.4, -0.2) is 45.2 Å². The van der Waals surface area contributed by atoms with Crippen molar-refractivity contribution >= 4 is 9.84 Å². The number of nitrogens with one attached hydrogen (secondary N) is 1. The minimum atomic E-state index is -2.89. The molecule has 1 N–H and O–H groups in total. The molecule has 3 fully saturated rings. The van der Waals surface area contributed by atoms with Crippen LogP contribution in [0.5, 0.6) is 0 Å². The largest absolute Gasteiger partial charge is 0.377 e. The Labute approximate surface area is 128 Å². The number of hydrogen-bond acceptors (Lipinski definition) is 4. The van der Waals surface area contributed by atoms with Gasteiger partial charge in [-0.3, -0.25) is 0 Å². The van der Waals surface area contributed by atoms with E-state index in [4.69, 9.17) is 4.74 Å². The second kappa shape index (κ2) is 6.17. The molecule has 2 saturated carbocycles. The third-order valence-corrected chi connectivity index (χ3v) is 7.15. The average molecular weight is 315 g/mol. The summed E-state index contributed by atoms with van der Waals surface area (Å²) in [5.41, 5.74) is 0.0601. The Balaban J connectivity index is 1.65. The van der Waals surface area contributed by atoms with Crippen LogP contribution in [0.1, 0.15) is 51.9 Å². The molecule has 21 heavy (non-hydrogen) atoms. The van der Waals surface area contributed by atoms with E-state index >= 15 is 0 Å². The normalized spacial score (nSPS) is 33.5. The van der Waals surface area contributed by atoms with Crippen molar-refractivity contribution in [2.24, 2.45) is 11.3 Å². The molecule has 0 spiro atoms. The molecule has 4 nitrogen and oxygen atoms in total. The van der Waals surface area contributed by atoms with E-state index < -0.39 is 9.84 Å². The lowest BCUT2D eigenvalue weighted by molar-refractivity contribution is 0.0290. The summed E-state index contributed by atoms with van der Waals surface area (Å²) < 4.78 is 30.3. The zero-order chi connectivity index (χ0) is 14.9. The topological polar surface area (TPSA) is 55.4 Å². The van der Waals surface area contributed by atoms with Gasteiger partial charge in [0, 0.05) is 30.4 Å². The van der Waals surface area contributed by atoms with Gasteiger partial charge in [0.25, 0.3) is 0 Å². The first-order valence-corrected chi connectivity index (χ1v) is 10.4. The lowest BCUT2D eigenvalue weighted by atomic mass is 9.76. The average Bonchev–Trinajstić information content (AvgIpc) is 3.34. The van der Waals surface area contributed by atoms with E-state index in [-0.39, 0.29) is 5.41 Å². The van der Waals surface area contributed by atoms with E-state index in [1.807, 2.05) is 6.92 Å². The highest BCUT2D eigenvalue weighted by atomic mass is 32.2. The SMILES string of the molecule is CCCS(=O)(=O)CCC1(CNC2CC2)CCOC1C1CC1. The summed E-state index contributed by atoms with van der Waals surface area (Å²) in [5, 5.41) is 3.65. The third-order valence-electron chi connectivity index (χ3n) is 5.30. The van der Waals surface area contributed by atoms with E-state index in [0.29, 0.717) is 29.6 Å². The molecular weight excluding hydrogens is 286 g/mol. The first-order valence-electron chi connectivity index (χ1n) is 8.60. The molecule has 0 radical (unpaired) electrons. The van der Waals surface area contributed by atoms with Crippen molar-refractivity contribution in [2.45, 2.75) is 64.0 Å². The van der Waals surface area contributed by atoms with Gasteiger partial charge < -0.3 is 10.1 Å². The van der Waals surface area contributed by atoms with E-state index in [1.165, 1.54) is 25.7 Å². The van der Waals surface area contributed by atoms with Crippen LogP contribution in [0.4, 0.5) is 0 Å². The molecule has 3 aliphatic rings. The minimum absolute atomic E-state index is 0.0601. The lowest BCUT2D eigenvalue weighted by Crippen LogP contribution is -2.44. The summed E-state index contributed by atoms with van der Waals surface area (Å²) in [6, 6.07) is 0.676. The fourth-order valence-electron chi connectivity index (χ4n) is 3.69. The number of hydrogen-bond donors (Lipinski definition) is 1. The number of rotatable bonds is 9. The summed E-state index contributed by atoms with van der Waals surface area (Å²) in [4.78, 5) is 0. The predicted octanol–water partition coefficient (Wildman–Crippen LogP) is 2.14. The van der Waals surface area contributed by atoms with Crippen LogP contribution in [-0.2, 0) is 14.6 Å². The van der Waals surface area contributed by atoms with Gasteiger partial charge in [0.05, 0.1) is 11.9 Å². The van der Waals surface area contributed by atoms with Crippen molar-refractivity contribution in [1.29, 1.82) is 0 Å². The fourth-order valence-corrected chi connectivity index (χ4v) is 5.24. The highest BCUT2D eigenvalue weighted by molar-refractivity contribution is 7.91. The molecule has 0 aromatic heterocycles. The van der Waals surface area contributed by atoms with Crippen molar-refractivity contribution in [1.82, 2.24) is 5.32 Å². The fraction of sp³-hybridized carbons (Fsp3) is 1.00.